The Bertz CT molecular complexity index is 871. The molecule has 2 N–H and O–H groups in total. The molecular formula is C24H32O6. The molecule has 0 saturated heterocycles. The molecule has 30 heavy (non-hydrogen) atoms. The number of fused-ring (bicyclic) bond motifs is 5. The van der Waals surface area contributed by atoms with Gasteiger partial charge in [0, 0.05) is 23.7 Å². The van der Waals surface area contributed by atoms with E-state index in [1.54, 1.807) is 12.2 Å². The molecule has 7 atom stereocenters. The first-order valence-electron chi connectivity index (χ1n) is 11.0. The summed E-state index contributed by atoms with van der Waals surface area (Å²) in [7, 11) is 0. The number of ketones is 2. The van der Waals surface area contributed by atoms with Crippen molar-refractivity contribution in [2.75, 3.05) is 6.61 Å². The van der Waals surface area contributed by atoms with E-state index in [1.807, 2.05) is 13.8 Å². The van der Waals surface area contributed by atoms with Crippen molar-refractivity contribution in [3.05, 3.63) is 23.3 Å². The lowest BCUT2D eigenvalue weighted by atomic mass is 9.45. The number of hydrogen-bond donors (Lipinski definition) is 2. The summed E-state index contributed by atoms with van der Waals surface area (Å²) in [6.07, 6.45) is 5.65. The van der Waals surface area contributed by atoms with Crippen molar-refractivity contribution < 1.29 is 29.3 Å². The van der Waals surface area contributed by atoms with Gasteiger partial charge in [0.2, 0.25) is 5.78 Å². The third-order valence-corrected chi connectivity index (χ3v) is 9.05. The molecule has 0 aromatic rings. The molecule has 6 nitrogen and oxygen atoms in total. The highest BCUT2D eigenvalue weighted by Crippen LogP contribution is 2.67. The summed E-state index contributed by atoms with van der Waals surface area (Å²) in [5, 5.41) is 22.9. The number of rotatable bonds is 3. The van der Waals surface area contributed by atoms with Gasteiger partial charge in [0.1, 0.15) is 5.60 Å². The van der Waals surface area contributed by atoms with Crippen molar-refractivity contribution >= 4 is 17.5 Å². The van der Waals surface area contributed by atoms with Gasteiger partial charge in [-0.05, 0) is 63.0 Å². The molecule has 0 amide bonds. The molecule has 0 aromatic carbocycles. The topological polar surface area (TPSA) is 101 Å². The molecule has 0 aromatic heterocycles. The molecule has 0 heterocycles. The molecule has 4 rings (SSSR count). The van der Waals surface area contributed by atoms with E-state index in [0.717, 1.165) is 24.0 Å². The number of ether oxygens (including phenoxy) is 1. The van der Waals surface area contributed by atoms with Crippen molar-refractivity contribution in [2.45, 2.75) is 71.5 Å². The summed E-state index contributed by atoms with van der Waals surface area (Å²) in [6, 6.07) is 0. The lowest BCUT2D eigenvalue weighted by Crippen LogP contribution is -2.62. The molecule has 4 aliphatic rings. The summed E-state index contributed by atoms with van der Waals surface area (Å²) in [6.45, 7) is 6.82. The average molecular weight is 417 g/mol. The summed E-state index contributed by atoms with van der Waals surface area (Å²) in [5.41, 5.74) is -0.675. The van der Waals surface area contributed by atoms with Crippen LogP contribution in [0.15, 0.2) is 23.3 Å². The van der Waals surface area contributed by atoms with Crippen LogP contribution in [0, 0.1) is 28.6 Å². The number of Topliss-reactive ketones (excluding diaryl/α,β-unsaturated/α-hetero) is 1. The number of esters is 1. The van der Waals surface area contributed by atoms with Gasteiger partial charge in [0.25, 0.3) is 0 Å². The van der Waals surface area contributed by atoms with Gasteiger partial charge in [-0.3, -0.25) is 14.4 Å². The molecule has 0 spiro atoms. The van der Waals surface area contributed by atoms with Crippen LogP contribution in [0.5, 0.6) is 0 Å². The Morgan fingerprint density at radius 2 is 1.93 bits per heavy atom. The molecule has 0 bridgehead atoms. The molecule has 0 aliphatic heterocycles. The van der Waals surface area contributed by atoms with Crippen LogP contribution in [0.1, 0.15) is 59.8 Å². The predicted octanol–water partition coefficient (Wildman–Crippen LogP) is 2.52. The second kappa shape index (κ2) is 6.86. The highest BCUT2D eigenvalue weighted by Gasteiger charge is 2.68. The fourth-order valence-corrected chi connectivity index (χ4v) is 7.43. The number of allylic oxidation sites excluding steroid dienone is 4. The quantitative estimate of drug-likeness (QED) is 0.686. The van der Waals surface area contributed by atoms with Gasteiger partial charge in [-0.15, -0.1) is 0 Å². The largest absolute Gasteiger partial charge is 0.458 e. The van der Waals surface area contributed by atoms with Crippen LogP contribution in [-0.2, 0) is 19.1 Å². The number of aliphatic hydroxyl groups is 2. The first-order chi connectivity index (χ1) is 13.9. The van der Waals surface area contributed by atoms with Crippen molar-refractivity contribution in [3.63, 3.8) is 0 Å². The summed E-state index contributed by atoms with van der Waals surface area (Å²) < 4.78 is 4.89. The van der Waals surface area contributed by atoms with Crippen molar-refractivity contribution in [2.24, 2.45) is 28.6 Å². The second-order valence-electron chi connectivity index (χ2n) is 10.2. The monoisotopic (exact) mass is 416 g/mol. The van der Waals surface area contributed by atoms with Crippen LogP contribution in [0.4, 0.5) is 0 Å². The van der Waals surface area contributed by atoms with Gasteiger partial charge < -0.3 is 14.9 Å². The smallest absolute Gasteiger partial charge is 0.303 e. The van der Waals surface area contributed by atoms with Crippen LogP contribution in [0.2, 0.25) is 0 Å². The Morgan fingerprint density at radius 3 is 2.60 bits per heavy atom. The van der Waals surface area contributed by atoms with Gasteiger partial charge in [0.05, 0.1) is 6.10 Å². The van der Waals surface area contributed by atoms with Crippen molar-refractivity contribution in [1.82, 2.24) is 0 Å². The highest BCUT2D eigenvalue weighted by atomic mass is 16.5. The van der Waals surface area contributed by atoms with Gasteiger partial charge in [-0.2, -0.15) is 0 Å². The predicted molar refractivity (Wildman–Crippen MR) is 109 cm³/mol. The van der Waals surface area contributed by atoms with Gasteiger partial charge in [-0.1, -0.05) is 25.0 Å². The molecule has 6 heteroatoms. The molecule has 164 valence electrons. The van der Waals surface area contributed by atoms with E-state index in [2.05, 4.69) is 6.92 Å². The molecule has 3 fully saturated rings. The maximum absolute atomic E-state index is 12.9. The second-order valence-corrected chi connectivity index (χ2v) is 10.2. The van der Waals surface area contributed by atoms with Crippen molar-refractivity contribution in [1.29, 1.82) is 0 Å². The van der Waals surface area contributed by atoms with E-state index in [0.29, 0.717) is 19.3 Å². The summed E-state index contributed by atoms with van der Waals surface area (Å²) >= 11 is 0. The van der Waals surface area contributed by atoms with Crippen LogP contribution in [0.25, 0.3) is 0 Å². The third kappa shape index (κ3) is 2.72. The first kappa shape index (κ1) is 21.4. The fraction of sp³-hybridized carbons (Fsp3) is 0.708. The first-order valence-corrected chi connectivity index (χ1v) is 11.0. The van der Waals surface area contributed by atoms with E-state index in [9.17, 15) is 24.6 Å². The Hall–Kier alpha value is -1.79. The summed E-state index contributed by atoms with van der Waals surface area (Å²) in [5.74, 6) is -0.834. The zero-order valence-electron chi connectivity index (χ0n) is 18.2. The standard InChI is InChI=1S/C24H32O6/c1-13-9-16(26)10-15-5-6-17-18-7-8-24(29,20(28)12-30-14(2)25)22(18,3)11-19(27)21(17)23(13,15)4/h9-10,17-19,21,27,29H,5-8,11-12H2,1-4H3/t17?,18?,19?,21?,22-,23-,24-/m0/s1. The number of carbonyl (C=O) groups excluding carboxylic acids is 3. The minimum absolute atomic E-state index is 0.0138. The van der Waals surface area contributed by atoms with Gasteiger partial charge in [0.15, 0.2) is 12.4 Å². The minimum Gasteiger partial charge on any atom is -0.458 e. The minimum atomic E-state index is -1.61. The Labute approximate surface area is 177 Å². The zero-order valence-corrected chi connectivity index (χ0v) is 18.2. The van der Waals surface area contributed by atoms with Crippen LogP contribution in [-0.4, -0.2) is 46.1 Å². The van der Waals surface area contributed by atoms with Crippen molar-refractivity contribution in [3.8, 4) is 0 Å². The Morgan fingerprint density at radius 1 is 1.23 bits per heavy atom. The summed E-state index contributed by atoms with van der Waals surface area (Å²) in [4.78, 5) is 36.2. The number of carbonyl (C=O) groups is 3. The normalized spacial score (nSPS) is 44.9. The van der Waals surface area contributed by atoms with Crippen LogP contribution >= 0.6 is 0 Å². The molecule has 4 unspecified atom stereocenters. The lowest BCUT2D eigenvalue weighted by Gasteiger charge is -2.60. The van der Waals surface area contributed by atoms with Crippen LogP contribution < -0.4 is 0 Å². The maximum Gasteiger partial charge on any atom is 0.303 e. The molecular weight excluding hydrogens is 384 g/mol. The molecule has 4 aliphatic carbocycles. The average Bonchev–Trinajstić information content (AvgIpc) is 2.92. The number of aliphatic hydroxyl groups excluding tert-OH is 1. The van der Waals surface area contributed by atoms with E-state index in [1.165, 1.54) is 6.92 Å². The lowest BCUT2D eigenvalue weighted by molar-refractivity contribution is -0.181. The van der Waals surface area contributed by atoms with E-state index in [4.69, 9.17) is 4.74 Å². The highest BCUT2D eigenvalue weighted by molar-refractivity contribution is 6.02. The molecule has 3 saturated carbocycles. The van der Waals surface area contributed by atoms with E-state index >= 15 is 0 Å². The Balaban J connectivity index is 1.69. The van der Waals surface area contributed by atoms with Crippen LogP contribution in [0.3, 0.4) is 0 Å². The third-order valence-electron chi connectivity index (χ3n) is 9.05. The molecule has 0 radical (unpaired) electrons. The van der Waals surface area contributed by atoms with E-state index < -0.39 is 35.5 Å². The van der Waals surface area contributed by atoms with Gasteiger partial charge in [-0.25, -0.2) is 0 Å². The maximum atomic E-state index is 12.9. The van der Waals surface area contributed by atoms with Gasteiger partial charge >= 0.3 is 5.97 Å². The van der Waals surface area contributed by atoms with E-state index in [-0.39, 0.29) is 29.0 Å². The SMILES string of the molecule is CC(=O)OCC(=O)[C@@]1(O)CCC2C3CCC4=CC(=O)C=C(C)[C@]4(C)C3C(O)C[C@@]21C. The zero-order chi connectivity index (χ0) is 22.1. The Kier molecular flexibility index (Phi) is 4.90. The fourth-order valence-electron chi connectivity index (χ4n) is 7.43. The number of hydrogen-bond acceptors (Lipinski definition) is 6.